The van der Waals surface area contributed by atoms with Crippen LogP contribution in [0.5, 0.6) is 5.75 Å². The SMILES string of the molecule is COc1ccc(F)cc1-c1ccc(C(F)(F)F)cc1[C@@H]1CCC[C@H]2[C@@H](C3C=C(C(F)(F)F)C=C(C(F)(F)F)C3)OC(=O)N12. The van der Waals surface area contributed by atoms with Gasteiger partial charge in [0.15, 0.2) is 0 Å². The van der Waals surface area contributed by atoms with Crippen LogP contribution in [-0.4, -0.2) is 42.6 Å². The second-order valence-corrected chi connectivity index (χ2v) is 10.6. The molecule has 0 N–H and O–H groups in total. The number of piperidine rings is 1. The smallest absolute Gasteiger partial charge is 0.416 e. The van der Waals surface area contributed by atoms with Crippen molar-refractivity contribution in [3.63, 3.8) is 0 Å². The predicted octanol–water partition coefficient (Wildman–Crippen LogP) is 8.93. The number of fused-ring (bicyclic) bond motifs is 1. The third-order valence-electron chi connectivity index (χ3n) is 7.98. The van der Waals surface area contributed by atoms with Crippen molar-refractivity contribution < 1.29 is 58.2 Å². The summed E-state index contributed by atoms with van der Waals surface area (Å²) in [5, 5.41) is 0. The van der Waals surface area contributed by atoms with Gasteiger partial charge in [-0.25, -0.2) is 9.18 Å². The number of halogens is 10. The summed E-state index contributed by atoms with van der Waals surface area (Å²) in [6.45, 7) is 0. The third-order valence-corrected chi connectivity index (χ3v) is 7.98. The summed E-state index contributed by atoms with van der Waals surface area (Å²) in [7, 11) is 1.27. The minimum Gasteiger partial charge on any atom is -0.496 e. The first kappa shape index (κ1) is 30.7. The van der Waals surface area contributed by atoms with Gasteiger partial charge in [0.05, 0.1) is 30.3 Å². The maximum Gasteiger partial charge on any atom is 0.416 e. The molecule has 0 spiro atoms. The summed E-state index contributed by atoms with van der Waals surface area (Å²) in [5.74, 6) is -2.10. The Bertz CT molecular complexity index is 1470. The van der Waals surface area contributed by atoms with Crippen LogP contribution >= 0.6 is 0 Å². The van der Waals surface area contributed by atoms with Crippen LogP contribution in [0.3, 0.4) is 0 Å². The number of benzene rings is 2. The summed E-state index contributed by atoms with van der Waals surface area (Å²) in [4.78, 5) is 14.3. The number of amides is 1. The molecule has 2 fully saturated rings. The van der Waals surface area contributed by atoms with Crippen molar-refractivity contribution in [2.24, 2.45) is 5.92 Å². The van der Waals surface area contributed by atoms with Gasteiger partial charge in [0, 0.05) is 17.1 Å². The number of carbonyl (C=O) groups is 1. The zero-order valence-corrected chi connectivity index (χ0v) is 22.2. The van der Waals surface area contributed by atoms with Gasteiger partial charge in [0.25, 0.3) is 0 Å². The van der Waals surface area contributed by atoms with Crippen LogP contribution < -0.4 is 4.74 Å². The lowest BCUT2D eigenvalue weighted by atomic mass is 9.79. The maximum atomic E-state index is 14.3. The fraction of sp³-hybridized carbons (Fsp3) is 0.414. The monoisotopic (exact) mass is 623 g/mol. The van der Waals surface area contributed by atoms with Crippen molar-refractivity contribution in [1.29, 1.82) is 0 Å². The molecule has 0 bridgehead atoms. The van der Waals surface area contributed by atoms with Crippen molar-refractivity contribution in [3.8, 4) is 16.9 Å². The van der Waals surface area contributed by atoms with Gasteiger partial charge < -0.3 is 9.47 Å². The standard InChI is InChI=1S/C29H23F10NO3/c1-42-24-8-6-18(30)13-21(24)19-7-5-15(27(31,32)33)12-20(19)22-3-2-4-23-25(43-26(41)40(22)23)14-9-16(28(34,35)36)11-17(10-14)29(37,38)39/h5-9,11-14,22-23,25H,2-4,10H2,1H3/t14?,22-,23-,25+/m0/s1. The Labute approximate surface area is 238 Å². The molecule has 14 heteroatoms. The second-order valence-electron chi connectivity index (χ2n) is 10.6. The lowest BCUT2D eigenvalue weighted by Crippen LogP contribution is -2.45. The molecule has 4 nitrogen and oxygen atoms in total. The van der Waals surface area contributed by atoms with Crippen molar-refractivity contribution >= 4 is 6.09 Å². The first-order valence-corrected chi connectivity index (χ1v) is 13.1. The van der Waals surface area contributed by atoms with Crippen molar-refractivity contribution in [3.05, 3.63) is 76.6 Å². The molecule has 5 rings (SSSR count). The van der Waals surface area contributed by atoms with Crippen LogP contribution in [0.4, 0.5) is 48.7 Å². The molecule has 2 aromatic rings. The molecule has 43 heavy (non-hydrogen) atoms. The van der Waals surface area contributed by atoms with E-state index in [1.54, 1.807) is 0 Å². The number of alkyl halides is 9. The molecule has 1 unspecified atom stereocenters. The fourth-order valence-electron chi connectivity index (χ4n) is 6.12. The quantitative estimate of drug-likeness (QED) is 0.320. The zero-order chi connectivity index (χ0) is 31.5. The van der Waals surface area contributed by atoms with E-state index in [4.69, 9.17) is 9.47 Å². The normalized spacial score (nSPS) is 24.7. The molecule has 1 amide bonds. The Balaban J connectivity index is 1.58. The number of hydrogen-bond acceptors (Lipinski definition) is 3. The predicted molar refractivity (Wildman–Crippen MR) is 132 cm³/mol. The van der Waals surface area contributed by atoms with E-state index in [-0.39, 0.29) is 47.8 Å². The first-order valence-electron chi connectivity index (χ1n) is 13.1. The fourth-order valence-corrected chi connectivity index (χ4v) is 6.12. The third kappa shape index (κ3) is 5.92. The lowest BCUT2D eigenvalue weighted by molar-refractivity contribution is -0.137. The van der Waals surface area contributed by atoms with Gasteiger partial charge in [-0.2, -0.15) is 39.5 Å². The Morgan fingerprint density at radius 2 is 1.60 bits per heavy atom. The van der Waals surface area contributed by atoms with E-state index >= 15 is 0 Å². The number of ether oxygens (including phenoxy) is 2. The number of rotatable bonds is 4. The van der Waals surface area contributed by atoms with Crippen molar-refractivity contribution in [1.82, 2.24) is 4.90 Å². The van der Waals surface area contributed by atoms with Crippen LogP contribution in [0.1, 0.15) is 42.9 Å². The van der Waals surface area contributed by atoms with E-state index in [0.29, 0.717) is 6.08 Å². The number of cyclic esters (lactones) is 1. The minimum atomic E-state index is -5.11. The minimum absolute atomic E-state index is 0.0238. The summed E-state index contributed by atoms with van der Waals surface area (Å²) in [6, 6.07) is 3.95. The van der Waals surface area contributed by atoms with Gasteiger partial charge in [-0.3, -0.25) is 4.90 Å². The van der Waals surface area contributed by atoms with Gasteiger partial charge >= 0.3 is 24.6 Å². The van der Waals surface area contributed by atoms with Gasteiger partial charge in [0.1, 0.15) is 17.7 Å². The number of nitrogens with zero attached hydrogens (tertiary/aromatic N) is 1. The molecule has 1 aliphatic carbocycles. The van der Waals surface area contributed by atoms with Gasteiger partial charge in [-0.15, -0.1) is 0 Å². The van der Waals surface area contributed by atoms with Crippen LogP contribution in [-0.2, 0) is 10.9 Å². The summed E-state index contributed by atoms with van der Waals surface area (Å²) < 4.78 is 148. The zero-order valence-electron chi connectivity index (χ0n) is 22.2. The molecule has 0 aromatic heterocycles. The molecule has 2 heterocycles. The molecule has 0 radical (unpaired) electrons. The number of hydrogen-bond donors (Lipinski definition) is 0. The molecule has 0 saturated carbocycles. The van der Waals surface area contributed by atoms with Crippen molar-refractivity contribution in [2.75, 3.05) is 7.11 Å². The van der Waals surface area contributed by atoms with Gasteiger partial charge in [-0.1, -0.05) is 12.1 Å². The Hall–Kier alpha value is -3.71. The highest BCUT2D eigenvalue weighted by molar-refractivity contribution is 5.77. The molecule has 2 saturated heterocycles. The summed E-state index contributed by atoms with van der Waals surface area (Å²) >= 11 is 0. The number of allylic oxidation sites excluding steroid dienone is 3. The largest absolute Gasteiger partial charge is 0.496 e. The van der Waals surface area contributed by atoms with E-state index in [0.717, 1.165) is 35.2 Å². The number of methoxy groups -OCH3 is 1. The Kier molecular flexibility index (Phi) is 7.70. The van der Waals surface area contributed by atoms with Gasteiger partial charge in [-0.05, 0) is 73.2 Å². The van der Waals surface area contributed by atoms with Gasteiger partial charge in [0.2, 0.25) is 0 Å². The molecule has 232 valence electrons. The highest BCUT2D eigenvalue weighted by Gasteiger charge is 2.53. The number of carbonyl (C=O) groups excluding carboxylic acids is 1. The van der Waals surface area contributed by atoms with E-state index in [1.807, 2.05) is 0 Å². The van der Waals surface area contributed by atoms with Crippen LogP contribution in [0.25, 0.3) is 11.1 Å². The summed E-state index contributed by atoms with van der Waals surface area (Å²) in [5.41, 5.74) is -3.90. The average Bonchev–Trinajstić information content (AvgIpc) is 3.27. The second kappa shape index (κ2) is 10.8. The average molecular weight is 623 g/mol. The maximum absolute atomic E-state index is 14.3. The lowest BCUT2D eigenvalue weighted by Gasteiger charge is -2.39. The van der Waals surface area contributed by atoms with E-state index in [9.17, 15) is 48.7 Å². The molecule has 2 aliphatic heterocycles. The molecule has 2 aromatic carbocycles. The van der Waals surface area contributed by atoms with Crippen LogP contribution in [0.2, 0.25) is 0 Å². The van der Waals surface area contributed by atoms with E-state index < -0.39 is 77.7 Å². The highest BCUT2D eigenvalue weighted by atomic mass is 19.4. The Morgan fingerprint density at radius 3 is 2.23 bits per heavy atom. The van der Waals surface area contributed by atoms with E-state index in [1.165, 1.54) is 13.2 Å². The summed E-state index contributed by atoms with van der Waals surface area (Å²) in [6.07, 6.45) is -17.3. The van der Waals surface area contributed by atoms with Crippen LogP contribution in [0.15, 0.2) is 59.7 Å². The molecule has 3 aliphatic rings. The Morgan fingerprint density at radius 1 is 0.884 bits per heavy atom. The van der Waals surface area contributed by atoms with Crippen molar-refractivity contribution in [2.45, 2.75) is 62.4 Å². The highest BCUT2D eigenvalue weighted by Crippen LogP contribution is 2.49. The molecular formula is C29H23F10NO3. The topological polar surface area (TPSA) is 38.8 Å². The molecule has 4 atom stereocenters. The van der Waals surface area contributed by atoms with Crippen LogP contribution in [0, 0.1) is 11.7 Å². The first-order chi connectivity index (χ1) is 20.0. The molecular weight excluding hydrogens is 600 g/mol. The van der Waals surface area contributed by atoms with E-state index in [2.05, 4.69) is 0 Å².